The first-order valence-electron chi connectivity index (χ1n) is 7.14. The van der Waals surface area contributed by atoms with E-state index in [-0.39, 0.29) is 10.8 Å². The summed E-state index contributed by atoms with van der Waals surface area (Å²) in [6.45, 7) is 2.02. The van der Waals surface area contributed by atoms with Gasteiger partial charge in [-0.1, -0.05) is 11.6 Å². The molecular weight excluding hydrogens is 348 g/mol. The Kier molecular flexibility index (Phi) is 7.22. The molecule has 0 atom stereocenters. The number of nitrogens with one attached hydrogen (secondary N) is 2. The number of thiocarbonyl (C=S) groups is 1. The molecule has 1 heterocycles. The zero-order valence-corrected chi connectivity index (χ0v) is 13.9. The molecule has 2 N–H and O–H groups in total. The highest BCUT2D eigenvalue weighted by molar-refractivity contribution is 7.80. The van der Waals surface area contributed by atoms with Crippen LogP contribution in [-0.4, -0.2) is 56.0 Å². The van der Waals surface area contributed by atoms with Gasteiger partial charge in [0.15, 0.2) is 5.11 Å². The van der Waals surface area contributed by atoms with Gasteiger partial charge in [0.2, 0.25) is 0 Å². The predicted molar refractivity (Wildman–Crippen MR) is 89.6 cm³/mol. The quantitative estimate of drug-likeness (QED) is 0.755. The number of rotatable bonds is 6. The first-order valence-corrected chi connectivity index (χ1v) is 7.92. The smallest absolute Gasteiger partial charge is 0.387 e. The summed E-state index contributed by atoms with van der Waals surface area (Å²) in [6.07, 6.45) is 0. The fourth-order valence-electron chi connectivity index (χ4n) is 2.10. The Bertz CT molecular complexity index is 531. The fraction of sp³-hybridized carbons (Fsp3) is 0.500. The number of hydrogen-bond acceptors (Lipinski definition) is 4. The minimum Gasteiger partial charge on any atom is -0.433 e. The van der Waals surface area contributed by atoms with Gasteiger partial charge in [-0.15, -0.1) is 0 Å². The molecule has 1 aromatic rings. The van der Waals surface area contributed by atoms with E-state index in [4.69, 9.17) is 28.6 Å². The van der Waals surface area contributed by atoms with Crippen LogP contribution in [0.25, 0.3) is 0 Å². The molecule has 0 bridgehead atoms. The van der Waals surface area contributed by atoms with Crippen molar-refractivity contribution < 1.29 is 18.3 Å². The van der Waals surface area contributed by atoms with Crippen molar-refractivity contribution in [1.82, 2.24) is 10.2 Å². The van der Waals surface area contributed by atoms with Gasteiger partial charge < -0.3 is 20.1 Å². The van der Waals surface area contributed by atoms with E-state index < -0.39 is 6.61 Å². The van der Waals surface area contributed by atoms with Crippen molar-refractivity contribution in [3.63, 3.8) is 0 Å². The van der Waals surface area contributed by atoms with Crippen LogP contribution in [0.2, 0.25) is 5.02 Å². The van der Waals surface area contributed by atoms with Gasteiger partial charge in [0.05, 0.1) is 18.2 Å². The van der Waals surface area contributed by atoms with E-state index in [0.717, 1.165) is 32.8 Å². The summed E-state index contributed by atoms with van der Waals surface area (Å²) in [5, 5.41) is 6.57. The minimum atomic E-state index is -2.91. The second-order valence-corrected chi connectivity index (χ2v) is 5.67. The first-order chi connectivity index (χ1) is 11.0. The van der Waals surface area contributed by atoms with Crippen molar-refractivity contribution in [2.45, 2.75) is 6.61 Å². The number of anilines is 1. The fourth-order valence-corrected chi connectivity index (χ4v) is 2.54. The van der Waals surface area contributed by atoms with Crippen LogP contribution in [0.3, 0.4) is 0 Å². The van der Waals surface area contributed by atoms with Crippen LogP contribution in [0, 0.1) is 0 Å². The second kappa shape index (κ2) is 9.17. The van der Waals surface area contributed by atoms with Gasteiger partial charge in [-0.2, -0.15) is 8.78 Å². The average molecular weight is 366 g/mol. The maximum Gasteiger partial charge on any atom is 0.387 e. The highest BCUT2D eigenvalue weighted by Gasteiger charge is 2.11. The summed E-state index contributed by atoms with van der Waals surface area (Å²) in [6, 6.07) is 4.42. The number of benzene rings is 1. The van der Waals surface area contributed by atoms with E-state index in [1.807, 2.05) is 0 Å². The molecule has 0 radical (unpaired) electrons. The van der Waals surface area contributed by atoms with Gasteiger partial charge in [-0.05, 0) is 30.4 Å². The summed E-state index contributed by atoms with van der Waals surface area (Å²) in [5.74, 6) is -0.0709. The molecule has 0 aromatic heterocycles. The minimum absolute atomic E-state index is 0.0709. The molecule has 5 nitrogen and oxygen atoms in total. The van der Waals surface area contributed by atoms with Crippen LogP contribution >= 0.6 is 23.8 Å². The average Bonchev–Trinajstić information content (AvgIpc) is 2.51. The monoisotopic (exact) mass is 365 g/mol. The van der Waals surface area contributed by atoms with E-state index in [1.54, 1.807) is 6.07 Å². The van der Waals surface area contributed by atoms with E-state index in [9.17, 15) is 8.78 Å². The molecule has 23 heavy (non-hydrogen) atoms. The number of halogens is 3. The maximum atomic E-state index is 12.2. The van der Waals surface area contributed by atoms with Gasteiger partial charge >= 0.3 is 6.61 Å². The van der Waals surface area contributed by atoms with E-state index in [0.29, 0.717) is 17.3 Å². The number of nitrogens with zero attached hydrogens (tertiary/aromatic N) is 1. The SMILES string of the molecule is FC(F)Oc1ccc(NC(=S)NCCN2CCOCC2)cc1Cl. The van der Waals surface area contributed by atoms with E-state index >= 15 is 0 Å². The van der Waals surface area contributed by atoms with Gasteiger partial charge in [0.25, 0.3) is 0 Å². The van der Waals surface area contributed by atoms with Gasteiger partial charge in [0.1, 0.15) is 5.75 Å². The number of ether oxygens (including phenoxy) is 2. The lowest BCUT2D eigenvalue weighted by Crippen LogP contribution is -2.42. The van der Waals surface area contributed by atoms with Crippen LogP contribution in [-0.2, 0) is 4.74 Å². The Hall–Kier alpha value is -1.22. The summed E-state index contributed by atoms with van der Waals surface area (Å²) < 4.78 is 33.9. The Labute approximate surface area is 143 Å². The van der Waals surface area contributed by atoms with Crippen molar-refractivity contribution in [2.75, 3.05) is 44.7 Å². The molecule has 1 aromatic carbocycles. The lowest BCUT2D eigenvalue weighted by Gasteiger charge is -2.26. The zero-order chi connectivity index (χ0) is 16.7. The van der Waals surface area contributed by atoms with Crippen LogP contribution in [0.5, 0.6) is 5.75 Å². The van der Waals surface area contributed by atoms with Crippen molar-refractivity contribution in [3.05, 3.63) is 23.2 Å². The number of hydrogen-bond donors (Lipinski definition) is 2. The van der Waals surface area contributed by atoms with Crippen LogP contribution in [0.15, 0.2) is 18.2 Å². The molecular formula is C14H18ClF2N3O2S. The first kappa shape index (κ1) is 18.1. The van der Waals surface area contributed by atoms with Gasteiger partial charge in [-0.25, -0.2) is 0 Å². The summed E-state index contributed by atoms with van der Waals surface area (Å²) in [4.78, 5) is 2.28. The van der Waals surface area contributed by atoms with Crippen molar-refractivity contribution >= 4 is 34.6 Å². The molecule has 1 saturated heterocycles. The van der Waals surface area contributed by atoms with Gasteiger partial charge in [0, 0.05) is 31.9 Å². The molecule has 9 heteroatoms. The molecule has 1 aliphatic rings. The Balaban J connectivity index is 1.75. The van der Waals surface area contributed by atoms with Gasteiger partial charge in [-0.3, -0.25) is 4.90 Å². The molecule has 0 aliphatic carbocycles. The van der Waals surface area contributed by atoms with E-state index in [1.165, 1.54) is 12.1 Å². The lowest BCUT2D eigenvalue weighted by atomic mass is 10.3. The summed E-state index contributed by atoms with van der Waals surface area (Å²) in [7, 11) is 0. The van der Waals surface area contributed by atoms with Crippen LogP contribution in [0.4, 0.5) is 14.5 Å². The number of morpholine rings is 1. The Morgan fingerprint density at radius 2 is 2.13 bits per heavy atom. The maximum absolute atomic E-state index is 12.2. The lowest BCUT2D eigenvalue weighted by molar-refractivity contribution is -0.0497. The summed E-state index contributed by atoms with van der Waals surface area (Å²) >= 11 is 11.1. The molecule has 1 fully saturated rings. The normalized spacial score (nSPS) is 15.5. The number of alkyl halides is 2. The Morgan fingerprint density at radius 1 is 1.39 bits per heavy atom. The van der Waals surface area contributed by atoms with Crippen LogP contribution in [0.1, 0.15) is 0 Å². The highest BCUT2D eigenvalue weighted by Crippen LogP contribution is 2.28. The van der Waals surface area contributed by atoms with E-state index in [2.05, 4.69) is 20.3 Å². The second-order valence-electron chi connectivity index (χ2n) is 4.86. The molecule has 2 rings (SSSR count). The third-order valence-corrected chi connectivity index (χ3v) is 3.76. The van der Waals surface area contributed by atoms with Crippen molar-refractivity contribution in [1.29, 1.82) is 0 Å². The zero-order valence-electron chi connectivity index (χ0n) is 12.4. The largest absolute Gasteiger partial charge is 0.433 e. The molecule has 0 saturated carbocycles. The van der Waals surface area contributed by atoms with Crippen molar-refractivity contribution in [3.8, 4) is 5.75 Å². The molecule has 128 valence electrons. The highest BCUT2D eigenvalue weighted by atomic mass is 35.5. The van der Waals surface area contributed by atoms with Crippen molar-refractivity contribution in [2.24, 2.45) is 0 Å². The topological polar surface area (TPSA) is 45.8 Å². The third-order valence-electron chi connectivity index (χ3n) is 3.22. The standard InChI is InChI=1S/C14H18ClF2N3O2S/c15-11-9-10(1-2-12(11)22-13(16)17)19-14(23)18-3-4-20-5-7-21-8-6-20/h1-2,9,13H,3-8H2,(H2,18,19,23). The summed E-state index contributed by atoms with van der Waals surface area (Å²) in [5.41, 5.74) is 0.598. The third kappa shape index (κ3) is 6.42. The predicted octanol–water partition coefficient (Wildman–Crippen LogP) is 2.56. The Morgan fingerprint density at radius 3 is 2.78 bits per heavy atom. The van der Waals surface area contributed by atoms with Crippen LogP contribution < -0.4 is 15.4 Å². The molecule has 0 spiro atoms. The molecule has 0 unspecified atom stereocenters. The molecule has 1 aliphatic heterocycles. The molecule has 0 amide bonds.